The zero-order chi connectivity index (χ0) is 25.9. The molecule has 2 aromatic carbocycles. The molecule has 5 aromatic rings. The van der Waals surface area contributed by atoms with Crippen molar-refractivity contribution in [2.75, 3.05) is 0 Å². The molecular weight excluding hydrogens is 474 g/mol. The maximum Gasteiger partial charge on any atom is 0.193 e. The first-order valence-electron chi connectivity index (χ1n) is 12.0. The molecule has 7 nitrogen and oxygen atoms in total. The standard InChI is InChI=1S/C28H24F2N6O/c1-28(2,3)23-14-36-26(21-12-22(37)20(13-35(21)23)27-31-15-32-33-27)24(16-6-4-8-18(29)10-16)25(34-36)17-7-5-9-19(30)11-17/h4-13,15,23H,14H2,1-3H3,(H,31,32,33)/t23-/m0/s1. The molecule has 37 heavy (non-hydrogen) atoms. The molecule has 6 rings (SSSR count). The van der Waals surface area contributed by atoms with Gasteiger partial charge in [-0.2, -0.15) is 10.2 Å². The summed E-state index contributed by atoms with van der Waals surface area (Å²) in [4.78, 5) is 17.5. The van der Waals surface area contributed by atoms with Gasteiger partial charge < -0.3 is 4.57 Å². The van der Waals surface area contributed by atoms with Crippen molar-refractivity contribution >= 4 is 0 Å². The molecule has 1 aliphatic heterocycles. The second-order valence-electron chi connectivity index (χ2n) is 10.3. The average Bonchev–Trinajstić information content (AvgIpc) is 3.51. The number of H-pyrrole nitrogens is 1. The van der Waals surface area contributed by atoms with Crippen molar-refractivity contribution in [1.82, 2.24) is 29.5 Å². The van der Waals surface area contributed by atoms with Crippen molar-refractivity contribution in [3.05, 3.63) is 89.0 Å². The molecule has 4 heterocycles. The van der Waals surface area contributed by atoms with Crippen LogP contribution < -0.4 is 5.43 Å². The fourth-order valence-corrected chi connectivity index (χ4v) is 5.06. The van der Waals surface area contributed by atoms with Crippen LogP contribution in [0.2, 0.25) is 0 Å². The van der Waals surface area contributed by atoms with E-state index in [1.54, 1.807) is 30.3 Å². The topological polar surface area (TPSA) is 81.4 Å². The number of nitrogens with one attached hydrogen (secondary N) is 1. The van der Waals surface area contributed by atoms with Gasteiger partial charge in [0.15, 0.2) is 11.3 Å². The Kier molecular flexibility index (Phi) is 5.18. The molecule has 9 heteroatoms. The maximum absolute atomic E-state index is 14.4. The lowest BCUT2D eigenvalue weighted by atomic mass is 9.84. The zero-order valence-corrected chi connectivity index (χ0v) is 20.5. The molecule has 0 spiro atoms. The molecule has 0 aliphatic carbocycles. The van der Waals surface area contributed by atoms with Crippen molar-refractivity contribution in [2.45, 2.75) is 33.4 Å². The van der Waals surface area contributed by atoms with E-state index in [0.717, 1.165) is 0 Å². The number of fused-ring (bicyclic) bond motifs is 3. The van der Waals surface area contributed by atoms with Gasteiger partial charge in [0, 0.05) is 23.4 Å². The maximum atomic E-state index is 14.4. The van der Waals surface area contributed by atoms with Gasteiger partial charge in [-0.15, -0.1) is 0 Å². The summed E-state index contributed by atoms with van der Waals surface area (Å²) >= 11 is 0. The van der Waals surface area contributed by atoms with Gasteiger partial charge in [-0.25, -0.2) is 13.8 Å². The van der Waals surface area contributed by atoms with Crippen LogP contribution >= 0.6 is 0 Å². The lowest BCUT2D eigenvalue weighted by molar-refractivity contribution is 0.202. The van der Waals surface area contributed by atoms with Gasteiger partial charge in [0.05, 0.1) is 29.5 Å². The second-order valence-corrected chi connectivity index (χ2v) is 10.3. The van der Waals surface area contributed by atoms with E-state index in [9.17, 15) is 13.6 Å². The number of hydrogen-bond acceptors (Lipinski definition) is 4. The van der Waals surface area contributed by atoms with E-state index in [1.165, 1.54) is 30.6 Å². The molecule has 0 saturated heterocycles. The molecule has 3 aromatic heterocycles. The van der Waals surface area contributed by atoms with Crippen LogP contribution in [0.3, 0.4) is 0 Å². The Labute approximate surface area is 211 Å². The lowest BCUT2D eigenvalue weighted by Gasteiger charge is -2.38. The first kappa shape index (κ1) is 23.0. The zero-order valence-electron chi connectivity index (χ0n) is 20.5. The molecule has 0 saturated carbocycles. The number of halogens is 2. The number of pyridine rings is 1. The van der Waals surface area contributed by atoms with Crippen LogP contribution in [-0.4, -0.2) is 29.5 Å². The number of benzene rings is 2. The van der Waals surface area contributed by atoms with Gasteiger partial charge in [-0.1, -0.05) is 45.0 Å². The SMILES string of the molecule is CC(C)(C)[C@@H]1Cn2nc(-c3cccc(F)c3)c(-c3cccc(F)c3)c2-c2cc(=O)c(-c3ncn[nH]3)cn21. The molecule has 186 valence electrons. The summed E-state index contributed by atoms with van der Waals surface area (Å²) in [7, 11) is 0. The number of rotatable bonds is 3. The largest absolute Gasteiger partial charge is 0.340 e. The Morgan fingerprint density at radius 1 is 1.00 bits per heavy atom. The highest BCUT2D eigenvalue weighted by molar-refractivity contribution is 5.91. The number of nitrogens with zero attached hydrogens (tertiary/aromatic N) is 5. The minimum absolute atomic E-state index is 0.0714. The van der Waals surface area contributed by atoms with Gasteiger partial charge in [-0.3, -0.25) is 14.6 Å². The van der Waals surface area contributed by atoms with Crippen LogP contribution in [0.4, 0.5) is 8.78 Å². The first-order valence-corrected chi connectivity index (χ1v) is 12.0. The third-order valence-electron chi connectivity index (χ3n) is 6.84. The van der Waals surface area contributed by atoms with E-state index >= 15 is 0 Å². The minimum Gasteiger partial charge on any atom is -0.340 e. The average molecular weight is 499 g/mol. The Bertz CT molecular complexity index is 1690. The molecule has 1 aliphatic rings. The van der Waals surface area contributed by atoms with Gasteiger partial charge in [0.1, 0.15) is 23.7 Å². The fourth-order valence-electron chi connectivity index (χ4n) is 5.06. The Morgan fingerprint density at radius 2 is 1.70 bits per heavy atom. The predicted octanol–water partition coefficient (Wildman–Crippen LogP) is 5.71. The van der Waals surface area contributed by atoms with Crippen molar-refractivity contribution < 1.29 is 8.78 Å². The highest BCUT2D eigenvalue weighted by atomic mass is 19.1. The molecule has 0 unspecified atom stereocenters. The molecule has 0 bridgehead atoms. The van der Waals surface area contributed by atoms with Crippen molar-refractivity contribution in [1.29, 1.82) is 0 Å². The second kappa shape index (κ2) is 8.33. The van der Waals surface area contributed by atoms with E-state index in [0.29, 0.717) is 51.7 Å². The van der Waals surface area contributed by atoms with Crippen LogP contribution in [0.1, 0.15) is 26.8 Å². The molecule has 0 fully saturated rings. The normalized spacial score (nSPS) is 14.9. The number of hydrogen-bond donors (Lipinski definition) is 1. The summed E-state index contributed by atoms with van der Waals surface area (Å²) in [5, 5.41) is 11.6. The first-order chi connectivity index (χ1) is 17.7. The highest BCUT2D eigenvalue weighted by Gasteiger charge is 2.36. The number of aromatic amines is 1. The molecule has 1 atom stereocenters. The van der Waals surface area contributed by atoms with Crippen molar-refractivity contribution in [3.63, 3.8) is 0 Å². The monoisotopic (exact) mass is 498 g/mol. The quantitative estimate of drug-likeness (QED) is 0.346. The predicted molar refractivity (Wildman–Crippen MR) is 137 cm³/mol. The Hall–Kier alpha value is -4.40. The summed E-state index contributed by atoms with van der Waals surface area (Å²) in [6, 6.07) is 13.9. The number of aromatic nitrogens is 6. The smallest absolute Gasteiger partial charge is 0.193 e. The van der Waals surface area contributed by atoms with Gasteiger partial charge in [-0.05, 0) is 35.2 Å². The molecular formula is C28H24F2N6O. The molecule has 0 amide bonds. The summed E-state index contributed by atoms with van der Waals surface area (Å²) in [6.45, 7) is 6.89. The summed E-state index contributed by atoms with van der Waals surface area (Å²) in [6.07, 6.45) is 3.17. The summed E-state index contributed by atoms with van der Waals surface area (Å²) < 4.78 is 32.6. The van der Waals surface area contributed by atoms with Crippen molar-refractivity contribution in [3.8, 4) is 45.2 Å². The van der Waals surface area contributed by atoms with Crippen LogP contribution in [-0.2, 0) is 6.54 Å². The van der Waals surface area contributed by atoms with E-state index < -0.39 is 11.6 Å². The van der Waals surface area contributed by atoms with Gasteiger partial charge >= 0.3 is 0 Å². The van der Waals surface area contributed by atoms with Crippen LogP contribution in [0.25, 0.3) is 45.2 Å². The van der Waals surface area contributed by atoms with E-state index in [2.05, 4.69) is 40.5 Å². The summed E-state index contributed by atoms with van der Waals surface area (Å²) in [5.41, 5.74) is 3.61. The highest BCUT2D eigenvalue weighted by Crippen LogP contribution is 2.46. The molecule has 0 radical (unpaired) electrons. The Morgan fingerprint density at radius 3 is 2.35 bits per heavy atom. The van der Waals surface area contributed by atoms with E-state index in [-0.39, 0.29) is 16.9 Å². The van der Waals surface area contributed by atoms with Crippen LogP contribution in [0.5, 0.6) is 0 Å². The third kappa shape index (κ3) is 3.87. The minimum atomic E-state index is -0.399. The van der Waals surface area contributed by atoms with Gasteiger partial charge in [0.25, 0.3) is 0 Å². The third-order valence-corrected chi connectivity index (χ3v) is 6.84. The summed E-state index contributed by atoms with van der Waals surface area (Å²) in [5.74, 6) is -0.406. The van der Waals surface area contributed by atoms with Crippen LogP contribution in [0, 0.1) is 17.0 Å². The van der Waals surface area contributed by atoms with Crippen LogP contribution in [0.15, 0.2) is 71.9 Å². The molecule has 1 N–H and O–H groups in total. The fraction of sp³-hybridized carbons (Fsp3) is 0.214. The van der Waals surface area contributed by atoms with Gasteiger partial charge in [0.2, 0.25) is 0 Å². The lowest BCUT2D eigenvalue weighted by Crippen LogP contribution is -2.34. The van der Waals surface area contributed by atoms with E-state index in [4.69, 9.17) is 5.10 Å². The Balaban J connectivity index is 1.69. The van der Waals surface area contributed by atoms with E-state index in [1.807, 2.05) is 10.9 Å². The van der Waals surface area contributed by atoms with Crippen molar-refractivity contribution in [2.24, 2.45) is 5.41 Å².